The number of hydrogen-bond donors (Lipinski definition) is 0. The van der Waals surface area contributed by atoms with Crippen molar-refractivity contribution < 1.29 is 18.9 Å². The van der Waals surface area contributed by atoms with Crippen molar-refractivity contribution >= 4 is 34.0 Å². The van der Waals surface area contributed by atoms with Crippen LogP contribution in [0.1, 0.15) is 48.6 Å². The summed E-state index contributed by atoms with van der Waals surface area (Å²) in [5.74, 6) is 1.77. The molecular weight excluding hydrogens is 392 g/mol. The van der Waals surface area contributed by atoms with Crippen molar-refractivity contribution in [2.45, 2.75) is 59.9 Å². The highest BCUT2D eigenvalue weighted by Crippen LogP contribution is 2.43. The first-order chi connectivity index (χ1) is 13.2. The molecule has 0 N–H and O–H groups in total. The van der Waals surface area contributed by atoms with Crippen molar-refractivity contribution in [2.75, 3.05) is 21.3 Å². The molecule has 0 spiro atoms. The molecule has 1 aliphatic carbocycles. The SMILES string of the molecule is COC1=CC(OC(C)C)=C(c2sc(C(=S)C(C)C)c(C)c2C)C(OC)C1OC. The number of methoxy groups -OCH3 is 3. The Bertz CT molecular complexity index is 787. The Morgan fingerprint density at radius 1 is 1.00 bits per heavy atom. The highest BCUT2D eigenvalue weighted by atomic mass is 32.1. The highest BCUT2D eigenvalue weighted by Gasteiger charge is 2.38. The summed E-state index contributed by atoms with van der Waals surface area (Å²) in [7, 11) is 5.00. The molecule has 156 valence electrons. The van der Waals surface area contributed by atoms with E-state index in [1.165, 1.54) is 16.0 Å². The third kappa shape index (κ3) is 4.35. The van der Waals surface area contributed by atoms with Crippen molar-refractivity contribution in [3.63, 3.8) is 0 Å². The van der Waals surface area contributed by atoms with Crippen LogP contribution in [-0.2, 0) is 18.9 Å². The molecule has 0 bridgehead atoms. The molecule has 1 aromatic heterocycles. The van der Waals surface area contributed by atoms with E-state index in [1.807, 2.05) is 19.9 Å². The number of thiophene rings is 1. The van der Waals surface area contributed by atoms with Crippen molar-refractivity contribution in [3.8, 4) is 0 Å². The highest BCUT2D eigenvalue weighted by molar-refractivity contribution is 7.81. The summed E-state index contributed by atoms with van der Waals surface area (Å²) in [6, 6.07) is 0. The quantitative estimate of drug-likeness (QED) is 0.410. The van der Waals surface area contributed by atoms with Crippen molar-refractivity contribution in [2.24, 2.45) is 5.92 Å². The molecule has 0 amide bonds. The van der Waals surface area contributed by atoms with Gasteiger partial charge in [-0.3, -0.25) is 0 Å². The molecule has 0 aliphatic heterocycles. The van der Waals surface area contributed by atoms with Gasteiger partial charge in [-0.1, -0.05) is 26.1 Å². The monoisotopic (exact) mass is 424 g/mol. The fourth-order valence-electron chi connectivity index (χ4n) is 3.33. The van der Waals surface area contributed by atoms with Gasteiger partial charge in [0.2, 0.25) is 0 Å². The van der Waals surface area contributed by atoms with E-state index in [4.69, 9.17) is 31.2 Å². The minimum absolute atomic E-state index is 0.0218. The molecule has 2 unspecified atom stereocenters. The van der Waals surface area contributed by atoms with Gasteiger partial charge in [-0.25, -0.2) is 0 Å². The maximum atomic E-state index is 6.19. The molecular formula is C22H32O4S2. The van der Waals surface area contributed by atoms with Crippen LogP contribution in [0.15, 0.2) is 17.6 Å². The molecule has 4 nitrogen and oxygen atoms in total. The molecule has 1 heterocycles. The molecule has 0 fully saturated rings. The second kappa shape index (κ2) is 9.53. The predicted octanol–water partition coefficient (Wildman–Crippen LogP) is 5.45. The van der Waals surface area contributed by atoms with Crippen LogP contribution in [-0.4, -0.2) is 44.5 Å². The Morgan fingerprint density at radius 3 is 2.07 bits per heavy atom. The number of rotatable bonds is 8. The lowest BCUT2D eigenvalue weighted by Crippen LogP contribution is -2.37. The summed E-state index contributed by atoms with van der Waals surface area (Å²) in [6.07, 6.45) is 1.27. The summed E-state index contributed by atoms with van der Waals surface area (Å²) in [5, 5.41) is 0. The van der Waals surface area contributed by atoms with Gasteiger partial charge >= 0.3 is 0 Å². The van der Waals surface area contributed by atoms with Gasteiger partial charge in [-0.05, 0) is 44.7 Å². The van der Waals surface area contributed by atoms with Crippen LogP contribution >= 0.6 is 23.6 Å². The van der Waals surface area contributed by atoms with Crippen molar-refractivity contribution in [1.82, 2.24) is 0 Å². The van der Waals surface area contributed by atoms with Gasteiger partial charge in [0.1, 0.15) is 23.7 Å². The van der Waals surface area contributed by atoms with Crippen molar-refractivity contribution in [3.05, 3.63) is 38.5 Å². The molecule has 6 heteroatoms. The minimum Gasteiger partial charge on any atom is -0.498 e. The molecule has 2 atom stereocenters. The Balaban J connectivity index is 2.75. The van der Waals surface area contributed by atoms with Crippen LogP contribution in [0.25, 0.3) is 5.57 Å². The van der Waals surface area contributed by atoms with E-state index in [9.17, 15) is 0 Å². The van der Waals surface area contributed by atoms with Gasteiger partial charge in [-0.15, -0.1) is 11.3 Å². The zero-order valence-corrected chi connectivity index (χ0v) is 20.0. The van der Waals surface area contributed by atoms with Gasteiger partial charge < -0.3 is 18.9 Å². The zero-order valence-electron chi connectivity index (χ0n) is 18.3. The molecule has 28 heavy (non-hydrogen) atoms. The molecule has 0 radical (unpaired) electrons. The van der Waals surface area contributed by atoms with E-state index in [0.29, 0.717) is 11.7 Å². The number of allylic oxidation sites excluding steroid dienone is 1. The van der Waals surface area contributed by atoms with E-state index in [-0.39, 0.29) is 18.3 Å². The van der Waals surface area contributed by atoms with Crippen LogP contribution in [0.2, 0.25) is 0 Å². The molecule has 0 saturated carbocycles. The second-order valence-corrected chi connectivity index (χ2v) is 9.00. The fourth-order valence-corrected chi connectivity index (χ4v) is 5.09. The molecule has 0 aromatic carbocycles. The van der Waals surface area contributed by atoms with Crippen LogP contribution in [0.4, 0.5) is 0 Å². The topological polar surface area (TPSA) is 36.9 Å². The number of thiocarbonyl (C=S) groups is 1. The van der Waals surface area contributed by atoms with E-state index in [1.54, 1.807) is 32.7 Å². The maximum Gasteiger partial charge on any atom is 0.145 e. The third-order valence-corrected chi connectivity index (χ3v) is 7.19. The van der Waals surface area contributed by atoms with Crippen LogP contribution in [0, 0.1) is 19.8 Å². The average Bonchev–Trinajstić information content (AvgIpc) is 2.94. The number of hydrogen-bond acceptors (Lipinski definition) is 6. The summed E-state index contributed by atoms with van der Waals surface area (Å²) >= 11 is 7.44. The van der Waals surface area contributed by atoms with E-state index < -0.39 is 0 Å². The van der Waals surface area contributed by atoms with E-state index in [0.717, 1.165) is 21.1 Å². The standard InChI is InChI=1S/C22H32O4S2/c1-11(2)20(27)22-14(6)13(5)21(28-22)17-15(26-12(3)4)10-16(23-7)18(24-8)19(17)25-9/h10-12,18-19H,1-9H3. The molecule has 1 aromatic rings. The second-order valence-electron chi connectivity index (χ2n) is 7.54. The average molecular weight is 425 g/mol. The summed E-state index contributed by atoms with van der Waals surface area (Å²) in [6.45, 7) is 12.6. The Hall–Kier alpha value is -1.21. The van der Waals surface area contributed by atoms with E-state index >= 15 is 0 Å². The number of ether oxygens (including phenoxy) is 4. The first-order valence-electron chi connectivity index (χ1n) is 9.54. The normalized spacial score (nSPS) is 20.0. The first kappa shape index (κ1) is 23.1. The van der Waals surface area contributed by atoms with Gasteiger partial charge in [0.25, 0.3) is 0 Å². The summed E-state index contributed by atoms with van der Waals surface area (Å²) < 4.78 is 23.4. The predicted molar refractivity (Wildman–Crippen MR) is 120 cm³/mol. The van der Waals surface area contributed by atoms with Crippen LogP contribution in [0.3, 0.4) is 0 Å². The Morgan fingerprint density at radius 2 is 1.61 bits per heavy atom. The van der Waals surface area contributed by atoms with Crippen molar-refractivity contribution in [1.29, 1.82) is 0 Å². The smallest absolute Gasteiger partial charge is 0.145 e. The van der Waals surface area contributed by atoms with Gasteiger partial charge in [0, 0.05) is 40.5 Å². The Labute approximate surface area is 178 Å². The Kier molecular flexibility index (Phi) is 7.85. The maximum absolute atomic E-state index is 6.19. The molecule has 1 aliphatic rings. The van der Waals surface area contributed by atoms with Crippen LogP contribution < -0.4 is 0 Å². The van der Waals surface area contributed by atoms with Crippen LogP contribution in [0.5, 0.6) is 0 Å². The lowest BCUT2D eigenvalue weighted by Gasteiger charge is -2.33. The summed E-state index contributed by atoms with van der Waals surface area (Å²) in [4.78, 5) is 3.29. The first-order valence-corrected chi connectivity index (χ1v) is 10.8. The molecule has 2 rings (SSSR count). The fraction of sp³-hybridized carbons (Fsp3) is 0.591. The largest absolute Gasteiger partial charge is 0.498 e. The summed E-state index contributed by atoms with van der Waals surface area (Å²) in [5.41, 5.74) is 3.42. The lowest BCUT2D eigenvalue weighted by molar-refractivity contribution is -0.0174. The zero-order chi connectivity index (χ0) is 21.2. The van der Waals surface area contributed by atoms with E-state index in [2.05, 4.69) is 27.7 Å². The third-order valence-electron chi connectivity index (χ3n) is 4.93. The molecule has 0 saturated heterocycles. The van der Waals surface area contributed by atoms with Gasteiger partial charge in [-0.2, -0.15) is 0 Å². The lowest BCUT2D eigenvalue weighted by atomic mass is 9.92. The van der Waals surface area contributed by atoms with Gasteiger partial charge in [0.15, 0.2) is 0 Å². The van der Waals surface area contributed by atoms with Gasteiger partial charge in [0.05, 0.1) is 13.2 Å². The minimum atomic E-state index is -0.341.